The maximum Gasteiger partial charge on any atom is 0.185 e. The molecule has 0 aliphatic rings. The first-order valence-corrected chi connectivity index (χ1v) is 8.76. The lowest BCUT2D eigenvalue weighted by molar-refractivity contribution is 0.949. The molecule has 2 aromatic carbocycles. The van der Waals surface area contributed by atoms with Crippen LogP contribution < -0.4 is 5.73 Å². The second-order valence-corrected chi connectivity index (χ2v) is 6.58. The van der Waals surface area contributed by atoms with E-state index in [2.05, 4.69) is 26.4 Å². The molecule has 7 nitrogen and oxygen atoms in total. The minimum atomic E-state index is 0.175. The molecule has 0 atom stereocenters. The molecular weight excluding hydrogens is 374 g/mol. The highest BCUT2D eigenvalue weighted by atomic mass is 35.5. The van der Waals surface area contributed by atoms with Crippen LogP contribution in [0.4, 0.5) is 17.2 Å². The third-order valence-corrected chi connectivity index (χ3v) is 4.44. The van der Waals surface area contributed by atoms with E-state index < -0.39 is 0 Å². The van der Waals surface area contributed by atoms with E-state index in [1.807, 2.05) is 31.2 Å². The van der Waals surface area contributed by atoms with Gasteiger partial charge in [-0.3, -0.25) is 0 Å². The monoisotopic (exact) mass is 387 g/mol. The molecule has 4 rings (SSSR count). The van der Waals surface area contributed by atoms with Gasteiger partial charge in [-0.05, 0) is 31.2 Å². The maximum absolute atomic E-state index is 9.53. The number of benzene rings is 2. The lowest BCUT2D eigenvalue weighted by Gasteiger charge is -2.07. The Morgan fingerprint density at radius 2 is 1.79 bits per heavy atom. The van der Waals surface area contributed by atoms with Gasteiger partial charge in [-0.25, -0.2) is 9.50 Å². The van der Waals surface area contributed by atoms with Crippen molar-refractivity contribution < 1.29 is 0 Å². The molecular formula is C20H14ClN7. The van der Waals surface area contributed by atoms with Crippen LogP contribution in [0, 0.1) is 18.3 Å². The first-order valence-electron chi connectivity index (χ1n) is 8.38. The summed E-state index contributed by atoms with van der Waals surface area (Å²) in [4.78, 5) is 4.33. The van der Waals surface area contributed by atoms with E-state index in [4.69, 9.17) is 17.3 Å². The second-order valence-electron chi connectivity index (χ2n) is 6.14. The SMILES string of the molecule is Cc1ccc(-c2c(C#N)cnc3c(N=Nc4ccc(Cl)cc4)c(N)nn23)cc1. The Balaban J connectivity index is 1.87. The molecule has 0 fully saturated rings. The Labute approximate surface area is 165 Å². The van der Waals surface area contributed by atoms with Crippen LogP contribution in [0.15, 0.2) is 65.0 Å². The van der Waals surface area contributed by atoms with Crippen molar-refractivity contribution in [2.24, 2.45) is 10.2 Å². The molecule has 2 aromatic heterocycles. The Hall–Kier alpha value is -3.76. The fourth-order valence-corrected chi connectivity index (χ4v) is 2.90. The van der Waals surface area contributed by atoms with Gasteiger partial charge in [0.15, 0.2) is 17.2 Å². The third kappa shape index (κ3) is 3.17. The molecule has 0 amide bonds. The molecule has 0 radical (unpaired) electrons. The zero-order valence-corrected chi connectivity index (χ0v) is 15.6. The van der Waals surface area contributed by atoms with Gasteiger partial charge in [-0.2, -0.15) is 10.4 Å². The first kappa shape index (κ1) is 17.6. The Bertz CT molecular complexity index is 1230. The number of hydrogen-bond acceptors (Lipinski definition) is 6. The zero-order valence-electron chi connectivity index (χ0n) is 14.8. The van der Waals surface area contributed by atoms with Gasteiger partial charge in [-0.15, -0.1) is 10.2 Å². The molecule has 0 bridgehead atoms. The Morgan fingerprint density at radius 1 is 1.07 bits per heavy atom. The number of nitrogens with zero attached hydrogens (tertiary/aromatic N) is 6. The van der Waals surface area contributed by atoms with Crippen LogP contribution in [0.3, 0.4) is 0 Å². The molecule has 136 valence electrons. The summed E-state index contributed by atoms with van der Waals surface area (Å²) in [7, 11) is 0. The smallest absolute Gasteiger partial charge is 0.185 e. The first-order chi connectivity index (χ1) is 13.6. The van der Waals surface area contributed by atoms with Gasteiger partial charge in [0.25, 0.3) is 0 Å². The summed E-state index contributed by atoms with van der Waals surface area (Å²) in [6, 6.07) is 16.9. The highest BCUT2D eigenvalue weighted by molar-refractivity contribution is 6.30. The minimum Gasteiger partial charge on any atom is -0.380 e. The molecule has 0 saturated heterocycles. The number of anilines is 1. The summed E-state index contributed by atoms with van der Waals surface area (Å²) in [5.41, 5.74) is 10.4. The zero-order chi connectivity index (χ0) is 19.7. The van der Waals surface area contributed by atoms with Crippen LogP contribution in [-0.4, -0.2) is 14.6 Å². The van der Waals surface area contributed by atoms with E-state index in [-0.39, 0.29) is 5.82 Å². The van der Waals surface area contributed by atoms with Crippen molar-refractivity contribution in [1.29, 1.82) is 5.26 Å². The van der Waals surface area contributed by atoms with E-state index in [1.54, 1.807) is 24.3 Å². The van der Waals surface area contributed by atoms with Gasteiger partial charge < -0.3 is 5.73 Å². The molecule has 28 heavy (non-hydrogen) atoms. The Morgan fingerprint density at radius 3 is 2.46 bits per heavy atom. The predicted molar refractivity (Wildman–Crippen MR) is 108 cm³/mol. The minimum absolute atomic E-state index is 0.175. The van der Waals surface area contributed by atoms with Gasteiger partial charge >= 0.3 is 0 Å². The Kier molecular flexibility index (Phi) is 4.47. The van der Waals surface area contributed by atoms with Crippen molar-refractivity contribution in [2.45, 2.75) is 6.92 Å². The average molecular weight is 388 g/mol. The van der Waals surface area contributed by atoms with Crippen LogP contribution in [0.1, 0.15) is 11.1 Å². The van der Waals surface area contributed by atoms with Crippen molar-refractivity contribution in [3.05, 3.63) is 70.9 Å². The third-order valence-electron chi connectivity index (χ3n) is 4.18. The number of nitrogens with two attached hydrogens (primary N) is 1. The number of nitrogen functional groups attached to an aromatic ring is 1. The highest BCUT2D eigenvalue weighted by Gasteiger charge is 2.18. The van der Waals surface area contributed by atoms with Gasteiger partial charge in [0, 0.05) is 16.8 Å². The molecule has 0 unspecified atom stereocenters. The number of rotatable bonds is 3. The van der Waals surface area contributed by atoms with Crippen LogP contribution in [0.25, 0.3) is 16.9 Å². The molecule has 0 aliphatic heterocycles. The van der Waals surface area contributed by atoms with E-state index >= 15 is 0 Å². The van der Waals surface area contributed by atoms with Crippen LogP contribution in [0.5, 0.6) is 0 Å². The highest BCUT2D eigenvalue weighted by Crippen LogP contribution is 2.33. The topological polar surface area (TPSA) is 105 Å². The van der Waals surface area contributed by atoms with E-state index in [9.17, 15) is 5.26 Å². The summed E-state index contributed by atoms with van der Waals surface area (Å²) >= 11 is 5.89. The standard InChI is InChI=1S/C20H14ClN7/c1-12-2-4-13(5-3-12)18-14(10-22)11-24-20-17(19(23)27-28(18)20)26-25-16-8-6-15(21)7-9-16/h2-9,11H,1H3,(H2,23,27). The maximum atomic E-state index is 9.53. The van der Waals surface area contributed by atoms with Crippen LogP contribution in [0.2, 0.25) is 5.02 Å². The van der Waals surface area contributed by atoms with Crippen LogP contribution in [-0.2, 0) is 0 Å². The van der Waals surface area contributed by atoms with E-state index in [1.165, 1.54) is 10.7 Å². The van der Waals surface area contributed by atoms with Gasteiger partial charge in [0.2, 0.25) is 0 Å². The van der Waals surface area contributed by atoms with E-state index in [0.29, 0.717) is 33.3 Å². The van der Waals surface area contributed by atoms with Crippen molar-refractivity contribution in [3.8, 4) is 17.3 Å². The van der Waals surface area contributed by atoms with Gasteiger partial charge in [0.1, 0.15) is 6.07 Å². The van der Waals surface area contributed by atoms with Gasteiger partial charge in [-0.1, -0.05) is 41.4 Å². The summed E-state index contributed by atoms with van der Waals surface area (Å²) in [6.07, 6.45) is 1.49. The average Bonchev–Trinajstić information content (AvgIpc) is 3.02. The molecule has 2 heterocycles. The van der Waals surface area contributed by atoms with Gasteiger partial charge in [0.05, 0.1) is 16.9 Å². The van der Waals surface area contributed by atoms with E-state index in [0.717, 1.165) is 11.1 Å². The van der Waals surface area contributed by atoms with Crippen molar-refractivity contribution in [3.63, 3.8) is 0 Å². The lowest BCUT2D eigenvalue weighted by Crippen LogP contribution is -2.00. The second kappa shape index (κ2) is 7.10. The summed E-state index contributed by atoms with van der Waals surface area (Å²) in [6.45, 7) is 2.00. The van der Waals surface area contributed by atoms with Crippen molar-refractivity contribution in [2.75, 3.05) is 5.73 Å². The fraction of sp³-hybridized carbons (Fsp3) is 0.0500. The normalized spacial score (nSPS) is 11.2. The molecule has 0 aliphatic carbocycles. The number of nitriles is 1. The van der Waals surface area contributed by atoms with Crippen molar-refractivity contribution in [1.82, 2.24) is 14.6 Å². The molecule has 0 saturated carbocycles. The number of azo groups is 1. The summed E-state index contributed by atoms with van der Waals surface area (Å²) in [5.74, 6) is 0.175. The largest absolute Gasteiger partial charge is 0.380 e. The number of hydrogen-bond donors (Lipinski definition) is 1. The van der Waals surface area contributed by atoms with Crippen LogP contribution >= 0.6 is 11.6 Å². The fourth-order valence-electron chi connectivity index (χ4n) is 2.77. The predicted octanol–water partition coefficient (Wildman–Crippen LogP) is 5.23. The molecule has 2 N–H and O–H groups in total. The summed E-state index contributed by atoms with van der Waals surface area (Å²) < 4.78 is 1.54. The summed E-state index contributed by atoms with van der Waals surface area (Å²) in [5, 5.41) is 22.9. The molecule has 4 aromatic rings. The number of fused-ring (bicyclic) bond motifs is 1. The number of halogens is 1. The number of aryl methyl sites for hydroxylation is 1. The lowest BCUT2D eigenvalue weighted by atomic mass is 10.1. The quantitative estimate of drug-likeness (QED) is 0.486. The van der Waals surface area contributed by atoms with Crippen molar-refractivity contribution >= 4 is 34.4 Å². The molecule has 0 spiro atoms. The number of aromatic nitrogens is 3. The molecule has 8 heteroatoms.